The molecule has 0 saturated heterocycles. The largest absolute Gasteiger partial charge is 0.444 e. The van der Waals surface area contributed by atoms with Crippen molar-refractivity contribution in [2.45, 2.75) is 51.3 Å². The quantitative estimate of drug-likeness (QED) is 0.759. The highest BCUT2D eigenvalue weighted by atomic mass is 16.6. The van der Waals surface area contributed by atoms with Gasteiger partial charge in [-0.2, -0.15) is 0 Å². The van der Waals surface area contributed by atoms with Gasteiger partial charge in [0.05, 0.1) is 0 Å². The smallest absolute Gasteiger partial charge is 0.407 e. The minimum Gasteiger partial charge on any atom is -0.444 e. The fraction of sp³-hybridized carbons (Fsp3) is 0.909. The summed E-state index contributed by atoms with van der Waals surface area (Å²) in [4.78, 5) is 13.6. The van der Waals surface area contributed by atoms with E-state index in [-0.39, 0.29) is 12.1 Å². The standard InChI is InChI=1S/C11H22N2O2/c1-11(2,3)15-10(14)12-8-6-9(7-8)13(4)5/h8-9H,6-7H2,1-5H3,(H,12,14)/t8-,9+. The van der Waals surface area contributed by atoms with Crippen molar-refractivity contribution in [1.29, 1.82) is 0 Å². The second-order valence-electron chi connectivity index (χ2n) is 5.43. The SMILES string of the molecule is CN(C)[C@H]1C[C@@H](NC(=O)OC(C)(C)C)C1. The van der Waals surface area contributed by atoms with Crippen LogP contribution in [0.3, 0.4) is 0 Å². The molecule has 1 aliphatic rings. The summed E-state index contributed by atoms with van der Waals surface area (Å²) >= 11 is 0. The fourth-order valence-electron chi connectivity index (χ4n) is 1.60. The highest BCUT2D eigenvalue weighted by Gasteiger charge is 2.32. The summed E-state index contributed by atoms with van der Waals surface area (Å²) in [7, 11) is 4.13. The topological polar surface area (TPSA) is 41.6 Å². The predicted molar refractivity (Wildman–Crippen MR) is 59.9 cm³/mol. The molecular formula is C11H22N2O2. The van der Waals surface area contributed by atoms with Crippen LogP contribution in [0.15, 0.2) is 0 Å². The first-order valence-electron chi connectivity index (χ1n) is 5.44. The number of nitrogens with zero attached hydrogens (tertiary/aromatic N) is 1. The molecule has 4 nitrogen and oxygen atoms in total. The number of alkyl carbamates (subject to hydrolysis) is 1. The van der Waals surface area contributed by atoms with Crippen LogP contribution in [-0.4, -0.2) is 42.8 Å². The summed E-state index contributed by atoms with van der Waals surface area (Å²) in [6, 6.07) is 0.886. The molecule has 0 bridgehead atoms. The minimum absolute atomic E-state index is 0.284. The van der Waals surface area contributed by atoms with Crippen LogP contribution in [0.2, 0.25) is 0 Å². The van der Waals surface area contributed by atoms with Crippen molar-refractivity contribution in [1.82, 2.24) is 10.2 Å². The Bertz CT molecular complexity index is 227. The van der Waals surface area contributed by atoms with Crippen molar-refractivity contribution in [3.8, 4) is 0 Å². The molecule has 0 aromatic heterocycles. The summed E-state index contributed by atoms with van der Waals surface area (Å²) in [5.74, 6) is 0. The number of hydrogen-bond donors (Lipinski definition) is 1. The molecule has 1 aliphatic carbocycles. The molecule has 4 heteroatoms. The van der Waals surface area contributed by atoms with E-state index in [2.05, 4.69) is 24.3 Å². The van der Waals surface area contributed by atoms with Gasteiger partial charge < -0.3 is 15.0 Å². The lowest BCUT2D eigenvalue weighted by Gasteiger charge is -2.39. The summed E-state index contributed by atoms with van der Waals surface area (Å²) in [6.07, 6.45) is 1.74. The third-order valence-electron chi connectivity index (χ3n) is 2.56. The van der Waals surface area contributed by atoms with Gasteiger partial charge in [0.25, 0.3) is 0 Å². The van der Waals surface area contributed by atoms with Crippen LogP contribution in [0.25, 0.3) is 0 Å². The van der Waals surface area contributed by atoms with E-state index in [9.17, 15) is 4.79 Å². The lowest BCUT2D eigenvalue weighted by atomic mass is 9.86. The van der Waals surface area contributed by atoms with Crippen LogP contribution in [0.5, 0.6) is 0 Å². The monoisotopic (exact) mass is 214 g/mol. The van der Waals surface area contributed by atoms with Gasteiger partial charge >= 0.3 is 6.09 Å². The van der Waals surface area contributed by atoms with Crippen molar-refractivity contribution in [2.75, 3.05) is 14.1 Å². The summed E-state index contributed by atoms with van der Waals surface area (Å²) < 4.78 is 5.18. The van der Waals surface area contributed by atoms with E-state index in [0.29, 0.717) is 6.04 Å². The van der Waals surface area contributed by atoms with Gasteiger partial charge in [0.1, 0.15) is 5.60 Å². The number of rotatable bonds is 2. The maximum Gasteiger partial charge on any atom is 0.407 e. The molecule has 1 saturated carbocycles. The van der Waals surface area contributed by atoms with E-state index in [4.69, 9.17) is 4.74 Å². The molecule has 0 heterocycles. The Morgan fingerprint density at radius 3 is 2.27 bits per heavy atom. The van der Waals surface area contributed by atoms with Crippen LogP contribution in [-0.2, 0) is 4.74 Å². The van der Waals surface area contributed by atoms with Crippen LogP contribution in [0, 0.1) is 0 Å². The lowest BCUT2D eigenvalue weighted by molar-refractivity contribution is 0.0430. The number of carbonyl (C=O) groups is 1. The van der Waals surface area contributed by atoms with Crippen LogP contribution >= 0.6 is 0 Å². The first-order chi connectivity index (χ1) is 6.78. The Morgan fingerprint density at radius 2 is 1.87 bits per heavy atom. The molecule has 0 aliphatic heterocycles. The summed E-state index contributed by atoms with van der Waals surface area (Å²) in [5, 5.41) is 2.87. The first kappa shape index (κ1) is 12.3. The number of carbonyl (C=O) groups excluding carboxylic acids is 1. The average Bonchev–Trinajstić information content (AvgIpc) is 1.91. The summed E-state index contributed by atoms with van der Waals surface area (Å²) in [6.45, 7) is 5.61. The van der Waals surface area contributed by atoms with Gasteiger partial charge in [-0.3, -0.25) is 0 Å². The van der Waals surface area contributed by atoms with E-state index in [0.717, 1.165) is 12.8 Å². The highest BCUT2D eigenvalue weighted by Crippen LogP contribution is 2.23. The number of amides is 1. The molecule has 15 heavy (non-hydrogen) atoms. The third-order valence-corrected chi connectivity index (χ3v) is 2.56. The fourth-order valence-corrected chi connectivity index (χ4v) is 1.60. The van der Waals surface area contributed by atoms with Crippen LogP contribution < -0.4 is 5.32 Å². The van der Waals surface area contributed by atoms with Crippen molar-refractivity contribution in [3.63, 3.8) is 0 Å². The normalized spacial score (nSPS) is 26.0. The van der Waals surface area contributed by atoms with E-state index in [1.807, 2.05) is 20.8 Å². The Balaban J connectivity index is 2.19. The van der Waals surface area contributed by atoms with Crippen molar-refractivity contribution >= 4 is 6.09 Å². The summed E-state index contributed by atoms with van der Waals surface area (Å²) in [5.41, 5.74) is -0.408. The second kappa shape index (κ2) is 4.39. The minimum atomic E-state index is -0.408. The zero-order chi connectivity index (χ0) is 11.6. The van der Waals surface area contributed by atoms with Gasteiger partial charge in [0.2, 0.25) is 0 Å². The molecular weight excluding hydrogens is 192 g/mol. The molecule has 0 aromatic carbocycles. The molecule has 0 spiro atoms. The van der Waals surface area contributed by atoms with Gasteiger partial charge in [-0.05, 0) is 47.7 Å². The lowest BCUT2D eigenvalue weighted by Crippen LogP contribution is -2.52. The van der Waals surface area contributed by atoms with Gasteiger partial charge in [0.15, 0.2) is 0 Å². The number of ether oxygens (including phenoxy) is 1. The molecule has 0 atom stereocenters. The molecule has 0 unspecified atom stereocenters. The number of nitrogens with one attached hydrogen (secondary N) is 1. The van der Waals surface area contributed by atoms with Crippen LogP contribution in [0.1, 0.15) is 33.6 Å². The van der Waals surface area contributed by atoms with E-state index < -0.39 is 5.60 Å². The molecule has 1 N–H and O–H groups in total. The van der Waals surface area contributed by atoms with Crippen molar-refractivity contribution in [2.24, 2.45) is 0 Å². The Morgan fingerprint density at radius 1 is 1.33 bits per heavy atom. The Labute approximate surface area is 92.0 Å². The Hall–Kier alpha value is -0.770. The van der Waals surface area contributed by atoms with Crippen molar-refractivity contribution < 1.29 is 9.53 Å². The second-order valence-corrected chi connectivity index (χ2v) is 5.43. The van der Waals surface area contributed by atoms with Gasteiger partial charge in [-0.1, -0.05) is 0 Å². The zero-order valence-electron chi connectivity index (χ0n) is 10.3. The van der Waals surface area contributed by atoms with E-state index in [1.165, 1.54) is 0 Å². The molecule has 88 valence electrons. The molecule has 1 amide bonds. The maximum absolute atomic E-state index is 11.4. The van der Waals surface area contributed by atoms with Crippen molar-refractivity contribution in [3.05, 3.63) is 0 Å². The first-order valence-corrected chi connectivity index (χ1v) is 5.44. The third kappa shape index (κ3) is 4.08. The predicted octanol–water partition coefficient (Wildman–Crippen LogP) is 1.60. The van der Waals surface area contributed by atoms with Gasteiger partial charge in [-0.15, -0.1) is 0 Å². The molecule has 1 fully saturated rings. The molecule has 1 rings (SSSR count). The highest BCUT2D eigenvalue weighted by molar-refractivity contribution is 5.68. The molecule has 0 aromatic rings. The maximum atomic E-state index is 11.4. The average molecular weight is 214 g/mol. The Kier molecular flexibility index (Phi) is 3.60. The van der Waals surface area contributed by atoms with Gasteiger partial charge in [-0.25, -0.2) is 4.79 Å². The van der Waals surface area contributed by atoms with Crippen LogP contribution in [0.4, 0.5) is 4.79 Å². The molecule has 0 radical (unpaired) electrons. The van der Waals surface area contributed by atoms with Gasteiger partial charge in [0, 0.05) is 12.1 Å². The number of hydrogen-bond acceptors (Lipinski definition) is 3. The zero-order valence-corrected chi connectivity index (χ0v) is 10.3. The van der Waals surface area contributed by atoms with E-state index >= 15 is 0 Å². The van der Waals surface area contributed by atoms with E-state index in [1.54, 1.807) is 0 Å².